The van der Waals surface area contributed by atoms with Crippen LogP contribution in [-0.2, 0) is 14.2 Å². The lowest BCUT2D eigenvalue weighted by Crippen LogP contribution is -2.16. The maximum absolute atomic E-state index is 5.50. The Morgan fingerprint density at radius 2 is 1.40 bits per heavy atom. The Bertz CT molecular complexity index is 107. The lowest BCUT2D eigenvalue weighted by atomic mass is 10.3. The molecule has 0 amide bonds. The molecular weight excluding hydrogens is 192 g/mol. The molecule has 0 N–H and O–H groups in total. The topological polar surface area (TPSA) is 27.7 Å². The number of rotatable bonds is 11. The first kappa shape index (κ1) is 14.9. The fraction of sp³-hybridized carbons (Fsp3) is 0.917. The van der Waals surface area contributed by atoms with Crippen molar-refractivity contribution in [3.63, 3.8) is 0 Å². The maximum atomic E-state index is 5.50. The highest BCUT2D eigenvalue weighted by Gasteiger charge is 2.11. The SMILES string of the molecule is CCCCO[C](COCC)OCCCC. The van der Waals surface area contributed by atoms with Gasteiger partial charge in [-0.15, -0.1) is 0 Å². The molecule has 0 aromatic carbocycles. The summed E-state index contributed by atoms with van der Waals surface area (Å²) in [4.78, 5) is 0. The highest BCUT2D eigenvalue weighted by molar-refractivity contribution is 4.64. The smallest absolute Gasteiger partial charge is 0.250 e. The van der Waals surface area contributed by atoms with Gasteiger partial charge in [0.1, 0.15) is 6.61 Å². The molecule has 0 fully saturated rings. The molecular formula is C12H25O3. The first-order valence-corrected chi connectivity index (χ1v) is 6.04. The van der Waals surface area contributed by atoms with Crippen LogP contribution in [0.3, 0.4) is 0 Å². The minimum absolute atomic E-state index is 0.462. The van der Waals surface area contributed by atoms with E-state index in [-0.39, 0.29) is 0 Å². The minimum atomic E-state index is 0.462. The molecule has 0 bridgehead atoms. The third-order valence-corrected chi connectivity index (χ3v) is 1.95. The highest BCUT2D eigenvalue weighted by Crippen LogP contribution is 2.08. The molecule has 0 aromatic rings. The van der Waals surface area contributed by atoms with Crippen molar-refractivity contribution in [3.8, 4) is 0 Å². The van der Waals surface area contributed by atoms with Crippen LogP contribution >= 0.6 is 0 Å². The normalized spacial score (nSPS) is 11.2. The Morgan fingerprint density at radius 3 is 1.80 bits per heavy atom. The summed E-state index contributed by atoms with van der Waals surface area (Å²) in [6.45, 7) is 8.86. The average Bonchev–Trinajstić information content (AvgIpc) is 2.25. The third-order valence-electron chi connectivity index (χ3n) is 1.95. The third kappa shape index (κ3) is 10.2. The van der Waals surface area contributed by atoms with E-state index in [2.05, 4.69) is 13.8 Å². The zero-order valence-corrected chi connectivity index (χ0v) is 10.4. The first-order valence-electron chi connectivity index (χ1n) is 6.04. The predicted molar refractivity (Wildman–Crippen MR) is 61.5 cm³/mol. The van der Waals surface area contributed by atoms with Crippen LogP contribution in [0.15, 0.2) is 0 Å². The van der Waals surface area contributed by atoms with Crippen molar-refractivity contribution in [3.05, 3.63) is 6.29 Å². The second kappa shape index (κ2) is 12.0. The second-order valence-electron chi connectivity index (χ2n) is 3.41. The summed E-state index contributed by atoms with van der Waals surface area (Å²) in [5.41, 5.74) is 0. The molecule has 0 rings (SSSR count). The van der Waals surface area contributed by atoms with E-state index < -0.39 is 0 Å². The average molecular weight is 217 g/mol. The molecule has 0 saturated heterocycles. The molecule has 0 saturated carbocycles. The van der Waals surface area contributed by atoms with E-state index >= 15 is 0 Å². The summed E-state index contributed by atoms with van der Waals surface area (Å²) in [6, 6.07) is 0. The van der Waals surface area contributed by atoms with Gasteiger partial charge < -0.3 is 14.2 Å². The number of hydrogen-bond donors (Lipinski definition) is 0. The van der Waals surface area contributed by atoms with Crippen molar-refractivity contribution in [1.29, 1.82) is 0 Å². The summed E-state index contributed by atoms with van der Waals surface area (Å²) < 4.78 is 16.3. The molecule has 3 nitrogen and oxygen atoms in total. The second-order valence-corrected chi connectivity index (χ2v) is 3.41. The lowest BCUT2D eigenvalue weighted by molar-refractivity contribution is -0.0842. The van der Waals surface area contributed by atoms with E-state index in [1.165, 1.54) is 0 Å². The van der Waals surface area contributed by atoms with Gasteiger partial charge in [0, 0.05) is 6.61 Å². The fourth-order valence-corrected chi connectivity index (χ4v) is 0.971. The van der Waals surface area contributed by atoms with E-state index in [0.717, 1.165) is 38.9 Å². The summed E-state index contributed by atoms with van der Waals surface area (Å²) in [5.74, 6) is 0. The zero-order valence-electron chi connectivity index (χ0n) is 10.4. The lowest BCUT2D eigenvalue weighted by Gasteiger charge is -2.16. The van der Waals surface area contributed by atoms with Crippen molar-refractivity contribution < 1.29 is 14.2 Å². The molecule has 0 heterocycles. The van der Waals surface area contributed by atoms with Crippen molar-refractivity contribution in [2.45, 2.75) is 46.5 Å². The Hall–Kier alpha value is -0.120. The predicted octanol–water partition coefficient (Wildman–Crippen LogP) is 3.15. The summed E-state index contributed by atoms with van der Waals surface area (Å²) in [5, 5.41) is 0. The first-order chi connectivity index (χ1) is 7.35. The van der Waals surface area contributed by atoms with E-state index in [1.54, 1.807) is 0 Å². The molecule has 0 aliphatic rings. The van der Waals surface area contributed by atoms with Gasteiger partial charge in [-0.1, -0.05) is 26.7 Å². The van der Waals surface area contributed by atoms with Gasteiger partial charge in [0.05, 0.1) is 13.2 Å². The van der Waals surface area contributed by atoms with Gasteiger partial charge in [-0.25, -0.2) is 0 Å². The number of ether oxygens (including phenoxy) is 3. The Balaban J connectivity index is 3.53. The van der Waals surface area contributed by atoms with Gasteiger partial charge in [0.15, 0.2) is 0 Å². The molecule has 0 spiro atoms. The maximum Gasteiger partial charge on any atom is 0.250 e. The molecule has 15 heavy (non-hydrogen) atoms. The van der Waals surface area contributed by atoms with E-state index in [9.17, 15) is 0 Å². The summed E-state index contributed by atoms with van der Waals surface area (Å²) >= 11 is 0. The van der Waals surface area contributed by atoms with E-state index in [1.807, 2.05) is 6.92 Å². The molecule has 3 heteroatoms. The van der Waals surface area contributed by atoms with Gasteiger partial charge in [0.2, 0.25) is 6.29 Å². The van der Waals surface area contributed by atoms with Crippen LogP contribution < -0.4 is 0 Å². The van der Waals surface area contributed by atoms with Crippen LogP contribution in [0, 0.1) is 6.29 Å². The van der Waals surface area contributed by atoms with Crippen LogP contribution in [0.2, 0.25) is 0 Å². The van der Waals surface area contributed by atoms with Gasteiger partial charge in [0.25, 0.3) is 0 Å². The summed E-state index contributed by atoms with van der Waals surface area (Å²) in [7, 11) is 0. The quantitative estimate of drug-likeness (QED) is 0.498. The molecule has 0 atom stereocenters. The Labute approximate surface area is 94.1 Å². The highest BCUT2D eigenvalue weighted by atomic mass is 16.7. The summed E-state index contributed by atoms with van der Waals surface area (Å²) in [6.07, 6.45) is 5.03. The van der Waals surface area contributed by atoms with Crippen LogP contribution in [0.25, 0.3) is 0 Å². The van der Waals surface area contributed by atoms with Crippen LogP contribution in [-0.4, -0.2) is 26.4 Å². The zero-order chi connectivity index (χ0) is 11.4. The van der Waals surface area contributed by atoms with Crippen molar-refractivity contribution in [1.82, 2.24) is 0 Å². The molecule has 0 aromatic heterocycles. The molecule has 0 aliphatic carbocycles. The Kier molecular flexibility index (Phi) is 11.9. The van der Waals surface area contributed by atoms with Gasteiger partial charge in [-0.3, -0.25) is 0 Å². The van der Waals surface area contributed by atoms with Gasteiger partial charge >= 0.3 is 0 Å². The molecule has 91 valence electrons. The van der Waals surface area contributed by atoms with Crippen molar-refractivity contribution in [2.24, 2.45) is 0 Å². The molecule has 1 radical (unpaired) electrons. The van der Waals surface area contributed by atoms with Crippen LogP contribution in [0.1, 0.15) is 46.5 Å². The molecule has 0 aliphatic heterocycles. The van der Waals surface area contributed by atoms with Crippen LogP contribution in [0.4, 0.5) is 0 Å². The van der Waals surface area contributed by atoms with Crippen molar-refractivity contribution in [2.75, 3.05) is 26.4 Å². The monoisotopic (exact) mass is 217 g/mol. The number of hydrogen-bond acceptors (Lipinski definition) is 3. The minimum Gasteiger partial charge on any atom is -0.376 e. The van der Waals surface area contributed by atoms with E-state index in [4.69, 9.17) is 14.2 Å². The van der Waals surface area contributed by atoms with Crippen LogP contribution in [0.5, 0.6) is 0 Å². The standard InChI is InChI=1S/C12H25O3/c1-4-7-9-14-12(11-13-6-3)15-10-8-5-2/h4-11H2,1-3H3. The largest absolute Gasteiger partial charge is 0.376 e. The van der Waals surface area contributed by atoms with Gasteiger partial charge in [-0.05, 0) is 19.8 Å². The van der Waals surface area contributed by atoms with E-state index in [0.29, 0.717) is 19.5 Å². The number of unbranched alkanes of at least 4 members (excludes halogenated alkanes) is 2. The van der Waals surface area contributed by atoms with Crippen molar-refractivity contribution >= 4 is 0 Å². The Morgan fingerprint density at radius 1 is 0.867 bits per heavy atom. The molecule has 0 unspecified atom stereocenters. The van der Waals surface area contributed by atoms with Gasteiger partial charge in [-0.2, -0.15) is 0 Å². The fourth-order valence-electron chi connectivity index (χ4n) is 0.971.